The van der Waals surface area contributed by atoms with Crippen LogP contribution in [0.3, 0.4) is 0 Å². The van der Waals surface area contributed by atoms with Gasteiger partial charge in [0, 0.05) is 5.69 Å². The molecule has 2 N–H and O–H groups in total. The van der Waals surface area contributed by atoms with Gasteiger partial charge in [-0.25, -0.2) is 4.79 Å². The van der Waals surface area contributed by atoms with Crippen LogP contribution in [0.25, 0.3) is 0 Å². The molecule has 0 fully saturated rings. The lowest BCUT2D eigenvalue weighted by atomic mass is 10.2. The van der Waals surface area contributed by atoms with Gasteiger partial charge in [0.1, 0.15) is 17.1 Å². The summed E-state index contributed by atoms with van der Waals surface area (Å²) in [5.41, 5.74) is 2.13. The zero-order valence-electron chi connectivity index (χ0n) is 11.3. The molecule has 2 rings (SSSR count). The maximum atomic E-state index is 11.9. The van der Waals surface area contributed by atoms with Crippen molar-refractivity contribution in [1.29, 1.82) is 0 Å². The first kappa shape index (κ1) is 14.2. The van der Waals surface area contributed by atoms with E-state index >= 15 is 0 Å². The number of carbonyl (C=O) groups excluding carboxylic acids is 1. The average molecular weight is 294 g/mol. The maximum absolute atomic E-state index is 11.9. The van der Waals surface area contributed by atoms with Crippen molar-refractivity contribution in [3.63, 3.8) is 0 Å². The van der Waals surface area contributed by atoms with Gasteiger partial charge in [-0.2, -0.15) is 9.47 Å². The minimum absolute atomic E-state index is 0.0374. The Morgan fingerprint density at radius 2 is 2.10 bits per heavy atom. The number of carboxylic acids is 1. The average Bonchev–Trinajstić information content (AvgIpc) is 2.82. The number of hydrogen-bond acceptors (Lipinski definition) is 5. The second kappa shape index (κ2) is 5.41. The quantitative estimate of drug-likeness (QED) is 0.892. The Bertz CT molecular complexity index is 674. The van der Waals surface area contributed by atoms with Gasteiger partial charge in [0.2, 0.25) is 5.91 Å². The van der Waals surface area contributed by atoms with Crippen molar-refractivity contribution in [1.82, 2.24) is 14.2 Å². The summed E-state index contributed by atoms with van der Waals surface area (Å²) in [5.74, 6) is -1.43. The molecule has 106 valence electrons. The van der Waals surface area contributed by atoms with Gasteiger partial charge in [0.05, 0.1) is 11.4 Å². The van der Waals surface area contributed by atoms with Crippen molar-refractivity contribution in [2.75, 3.05) is 5.32 Å². The predicted molar refractivity (Wildman–Crippen MR) is 74.1 cm³/mol. The third-order valence-corrected chi connectivity index (χ3v) is 3.58. The summed E-state index contributed by atoms with van der Waals surface area (Å²) in [5, 5.41) is 16.1. The normalized spacial score (nSPS) is 10.6. The van der Waals surface area contributed by atoms with Crippen LogP contribution in [-0.2, 0) is 11.3 Å². The molecule has 0 saturated heterocycles. The Labute approximate surface area is 119 Å². The Morgan fingerprint density at radius 3 is 2.65 bits per heavy atom. The van der Waals surface area contributed by atoms with E-state index < -0.39 is 5.97 Å². The number of aryl methyl sites for hydroxylation is 3. The molecule has 0 aromatic carbocycles. The number of anilines is 1. The molecule has 0 aliphatic heterocycles. The molecule has 0 saturated carbocycles. The largest absolute Gasteiger partial charge is 0.478 e. The Balaban J connectivity index is 2.13. The molecular formula is C12H14N4O3S. The summed E-state index contributed by atoms with van der Waals surface area (Å²) in [7, 11) is 0. The molecule has 0 bridgehead atoms. The molecule has 1 amide bonds. The molecule has 0 radical (unpaired) electrons. The van der Waals surface area contributed by atoms with Gasteiger partial charge in [-0.15, -0.1) is 0 Å². The summed E-state index contributed by atoms with van der Waals surface area (Å²) in [6, 6.07) is 1.87. The highest BCUT2D eigenvalue weighted by atomic mass is 32.1. The maximum Gasteiger partial charge on any atom is 0.340 e. The number of hydrogen-bond donors (Lipinski definition) is 2. The lowest BCUT2D eigenvalue weighted by Crippen LogP contribution is -2.21. The standard InChI is InChI=1S/C12H14N4O3S/c1-6-4-7(2)16(14-6)5-9(17)13-11-10(12(18)19)8(3)15-20-11/h4H,5H2,1-3H3,(H,13,17)(H,18,19). The van der Waals surface area contributed by atoms with Crippen LogP contribution in [0, 0.1) is 20.8 Å². The Kier molecular flexibility index (Phi) is 3.84. The van der Waals surface area contributed by atoms with Gasteiger partial charge in [-0.3, -0.25) is 9.48 Å². The van der Waals surface area contributed by atoms with E-state index in [0.29, 0.717) is 5.69 Å². The van der Waals surface area contributed by atoms with E-state index in [1.165, 1.54) is 0 Å². The zero-order valence-corrected chi connectivity index (χ0v) is 12.1. The van der Waals surface area contributed by atoms with Crippen LogP contribution in [0.5, 0.6) is 0 Å². The number of aromatic nitrogens is 3. The molecule has 7 nitrogen and oxygen atoms in total. The molecule has 2 aromatic rings. The van der Waals surface area contributed by atoms with Crippen LogP contribution < -0.4 is 5.32 Å². The second-order valence-corrected chi connectivity index (χ2v) is 5.18. The molecule has 0 atom stereocenters. The molecule has 0 unspecified atom stereocenters. The highest BCUT2D eigenvalue weighted by molar-refractivity contribution is 7.11. The van der Waals surface area contributed by atoms with E-state index in [1.54, 1.807) is 11.6 Å². The number of amides is 1. The van der Waals surface area contributed by atoms with E-state index in [1.807, 2.05) is 19.9 Å². The van der Waals surface area contributed by atoms with Crippen LogP contribution >= 0.6 is 11.5 Å². The van der Waals surface area contributed by atoms with E-state index in [9.17, 15) is 9.59 Å². The first-order valence-corrected chi connectivity index (χ1v) is 6.66. The number of carboxylic acid groups (broad SMARTS) is 1. The van der Waals surface area contributed by atoms with Crippen molar-refractivity contribution in [2.24, 2.45) is 0 Å². The van der Waals surface area contributed by atoms with Gasteiger partial charge in [0.25, 0.3) is 0 Å². The van der Waals surface area contributed by atoms with Crippen LogP contribution in [0.4, 0.5) is 5.00 Å². The molecular weight excluding hydrogens is 280 g/mol. The van der Waals surface area contributed by atoms with Gasteiger partial charge in [0.15, 0.2) is 0 Å². The van der Waals surface area contributed by atoms with Crippen LogP contribution in [-0.4, -0.2) is 31.1 Å². The van der Waals surface area contributed by atoms with Gasteiger partial charge < -0.3 is 10.4 Å². The Hall–Kier alpha value is -2.22. The highest BCUT2D eigenvalue weighted by Crippen LogP contribution is 2.24. The summed E-state index contributed by atoms with van der Waals surface area (Å²) < 4.78 is 5.51. The molecule has 0 aliphatic carbocycles. The fourth-order valence-electron chi connectivity index (χ4n) is 1.84. The predicted octanol–water partition coefficient (Wildman–Crippen LogP) is 1.60. The summed E-state index contributed by atoms with van der Waals surface area (Å²) in [6.07, 6.45) is 0. The van der Waals surface area contributed by atoms with E-state index in [4.69, 9.17) is 5.11 Å². The highest BCUT2D eigenvalue weighted by Gasteiger charge is 2.19. The minimum Gasteiger partial charge on any atom is -0.478 e. The fourth-order valence-corrected chi connectivity index (χ4v) is 2.65. The first-order valence-electron chi connectivity index (χ1n) is 5.89. The van der Waals surface area contributed by atoms with Crippen molar-refractivity contribution in [2.45, 2.75) is 27.3 Å². The smallest absolute Gasteiger partial charge is 0.340 e. The molecule has 8 heteroatoms. The third-order valence-electron chi connectivity index (χ3n) is 2.73. The number of aromatic carboxylic acids is 1. The zero-order chi connectivity index (χ0) is 14.9. The molecule has 2 aromatic heterocycles. The van der Waals surface area contributed by atoms with E-state index in [-0.39, 0.29) is 23.0 Å². The molecule has 2 heterocycles. The topological polar surface area (TPSA) is 97.1 Å². The number of nitrogens with one attached hydrogen (secondary N) is 1. The third kappa shape index (κ3) is 2.85. The summed E-state index contributed by atoms with van der Waals surface area (Å²) in [4.78, 5) is 23.0. The van der Waals surface area contributed by atoms with Crippen LogP contribution in [0.2, 0.25) is 0 Å². The number of rotatable bonds is 4. The molecule has 0 spiro atoms. The van der Waals surface area contributed by atoms with Crippen molar-refractivity contribution < 1.29 is 14.7 Å². The van der Waals surface area contributed by atoms with Gasteiger partial charge >= 0.3 is 5.97 Å². The summed E-state index contributed by atoms with van der Waals surface area (Å²) >= 11 is 0.960. The van der Waals surface area contributed by atoms with E-state index in [2.05, 4.69) is 14.8 Å². The first-order chi connectivity index (χ1) is 9.38. The number of carbonyl (C=O) groups is 2. The monoisotopic (exact) mass is 294 g/mol. The number of nitrogens with zero attached hydrogens (tertiary/aromatic N) is 3. The lowest BCUT2D eigenvalue weighted by Gasteiger charge is -2.05. The lowest BCUT2D eigenvalue weighted by molar-refractivity contribution is -0.116. The van der Waals surface area contributed by atoms with Crippen molar-refractivity contribution in [3.05, 3.63) is 28.7 Å². The van der Waals surface area contributed by atoms with Gasteiger partial charge in [-0.05, 0) is 38.4 Å². The second-order valence-electron chi connectivity index (χ2n) is 4.41. The van der Waals surface area contributed by atoms with Crippen molar-refractivity contribution in [3.8, 4) is 0 Å². The van der Waals surface area contributed by atoms with Crippen LogP contribution in [0.1, 0.15) is 27.4 Å². The van der Waals surface area contributed by atoms with Gasteiger partial charge in [-0.1, -0.05) is 0 Å². The van der Waals surface area contributed by atoms with Crippen LogP contribution in [0.15, 0.2) is 6.07 Å². The summed E-state index contributed by atoms with van der Waals surface area (Å²) in [6.45, 7) is 5.33. The Morgan fingerprint density at radius 1 is 1.40 bits per heavy atom. The fraction of sp³-hybridized carbons (Fsp3) is 0.333. The minimum atomic E-state index is -1.10. The molecule has 0 aliphatic rings. The van der Waals surface area contributed by atoms with E-state index in [0.717, 1.165) is 22.9 Å². The SMILES string of the molecule is Cc1cc(C)n(CC(=O)Nc2snc(C)c2C(=O)O)n1. The molecule has 20 heavy (non-hydrogen) atoms. The van der Waals surface area contributed by atoms with Crippen molar-refractivity contribution >= 4 is 28.4 Å².